The van der Waals surface area contributed by atoms with Crippen molar-refractivity contribution in [3.8, 4) is 10.6 Å². The Morgan fingerprint density at radius 3 is 2.71 bits per heavy atom. The van der Waals surface area contributed by atoms with Crippen LogP contribution in [0.1, 0.15) is 20.9 Å². The normalized spacial score (nSPS) is 11.1. The molecule has 0 spiro atoms. The molecule has 0 fully saturated rings. The second-order valence-electron chi connectivity index (χ2n) is 4.91. The van der Waals surface area contributed by atoms with Crippen molar-refractivity contribution < 1.29 is 4.79 Å². The quantitative estimate of drug-likeness (QED) is 0.517. The molecular weight excluding hydrogens is 367 g/mol. The fourth-order valence-corrected chi connectivity index (χ4v) is 3.32. The van der Waals surface area contributed by atoms with Crippen LogP contribution in [0.5, 0.6) is 0 Å². The Labute approximate surface area is 152 Å². The summed E-state index contributed by atoms with van der Waals surface area (Å²) < 4.78 is 0. The lowest BCUT2D eigenvalue weighted by Crippen LogP contribution is -2.18. The first-order chi connectivity index (χ1) is 11.5. The SMILES string of the molecule is Cc1ccc(-c2cc(C(=O)N/N=C/c3c(Cl)cccc3Cl)n[nH]2)s1. The number of halogens is 2. The molecule has 2 N–H and O–H groups in total. The number of H-pyrrole nitrogens is 1. The first-order valence-electron chi connectivity index (χ1n) is 6.94. The van der Waals surface area contributed by atoms with E-state index in [-0.39, 0.29) is 5.69 Å². The fourth-order valence-electron chi connectivity index (χ4n) is 1.99. The molecule has 0 saturated carbocycles. The molecule has 0 unspecified atom stereocenters. The van der Waals surface area contributed by atoms with Crippen molar-refractivity contribution >= 4 is 46.7 Å². The Kier molecular flexibility index (Phi) is 4.99. The number of aromatic nitrogens is 2. The zero-order valence-electron chi connectivity index (χ0n) is 12.5. The topological polar surface area (TPSA) is 70.1 Å². The summed E-state index contributed by atoms with van der Waals surface area (Å²) in [5, 5.41) is 11.6. The summed E-state index contributed by atoms with van der Waals surface area (Å²) in [5.41, 5.74) is 3.98. The largest absolute Gasteiger partial charge is 0.291 e. The molecule has 0 aliphatic rings. The molecule has 8 heteroatoms. The third-order valence-electron chi connectivity index (χ3n) is 3.18. The molecule has 1 aromatic carbocycles. The Morgan fingerprint density at radius 2 is 2.04 bits per heavy atom. The molecule has 24 heavy (non-hydrogen) atoms. The van der Waals surface area contributed by atoms with Gasteiger partial charge in [0.2, 0.25) is 0 Å². The van der Waals surface area contributed by atoms with Gasteiger partial charge in [0, 0.05) is 10.4 Å². The maximum atomic E-state index is 12.1. The van der Waals surface area contributed by atoms with Crippen LogP contribution in [0.2, 0.25) is 10.0 Å². The van der Waals surface area contributed by atoms with Crippen molar-refractivity contribution in [1.29, 1.82) is 0 Å². The van der Waals surface area contributed by atoms with E-state index in [1.54, 1.807) is 35.6 Å². The molecule has 0 radical (unpaired) electrons. The van der Waals surface area contributed by atoms with E-state index in [1.807, 2.05) is 19.1 Å². The van der Waals surface area contributed by atoms with E-state index in [0.717, 1.165) is 10.6 Å². The first-order valence-corrected chi connectivity index (χ1v) is 8.51. The molecule has 0 atom stereocenters. The van der Waals surface area contributed by atoms with Gasteiger partial charge in [0.1, 0.15) is 0 Å². The molecular formula is C16H12Cl2N4OS. The second-order valence-corrected chi connectivity index (χ2v) is 7.01. The molecule has 3 rings (SSSR count). The number of carbonyl (C=O) groups is 1. The van der Waals surface area contributed by atoms with Gasteiger partial charge in [0.25, 0.3) is 5.91 Å². The Hall–Kier alpha value is -2.15. The van der Waals surface area contributed by atoms with Gasteiger partial charge in [0.15, 0.2) is 5.69 Å². The number of benzene rings is 1. The first kappa shape index (κ1) is 16.7. The molecule has 2 heterocycles. The molecule has 0 aliphatic carbocycles. The van der Waals surface area contributed by atoms with Crippen LogP contribution in [0.4, 0.5) is 0 Å². The third kappa shape index (κ3) is 3.67. The third-order valence-corrected chi connectivity index (χ3v) is 4.87. The summed E-state index contributed by atoms with van der Waals surface area (Å²) in [6.07, 6.45) is 1.40. The van der Waals surface area contributed by atoms with E-state index in [2.05, 4.69) is 20.7 Å². The maximum Gasteiger partial charge on any atom is 0.291 e. The number of hydrogen-bond acceptors (Lipinski definition) is 4. The summed E-state index contributed by atoms with van der Waals surface area (Å²) in [6.45, 7) is 2.02. The minimum Gasteiger partial charge on any atom is -0.276 e. The van der Waals surface area contributed by atoms with Crippen LogP contribution in [0, 0.1) is 6.92 Å². The summed E-state index contributed by atoms with van der Waals surface area (Å²) >= 11 is 13.7. The van der Waals surface area contributed by atoms with Gasteiger partial charge in [-0.15, -0.1) is 11.3 Å². The minimum atomic E-state index is -0.426. The van der Waals surface area contributed by atoms with Gasteiger partial charge >= 0.3 is 0 Å². The number of aromatic amines is 1. The van der Waals surface area contributed by atoms with Gasteiger partial charge < -0.3 is 0 Å². The lowest BCUT2D eigenvalue weighted by atomic mass is 10.2. The van der Waals surface area contributed by atoms with Gasteiger partial charge in [-0.3, -0.25) is 9.89 Å². The van der Waals surface area contributed by atoms with Crippen LogP contribution in [0.25, 0.3) is 10.6 Å². The molecule has 0 bridgehead atoms. The summed E-state index contributed by atoms with van der Waals surface area (Å²) in [5.74, 6) is -0.426. The smallest absolute Gasteiger partial charge is 0.276 e. The van der Waals surface area contributed by atoms with E-state index in [0.29, 0.717) is 15.6 Å². The Morgan fingerprint density at radius 1 is 1.29 bits per heavy atom. The van der Waals surface area contributed by atoms with Crippen LogP contribution in [-0.4, -0.2) is 22.3 Å². The minimum absolute atomic E-state index is 0.249. The highest BCUT2D eigenvalue weighted by Crippen LogP contribution is 2.26. The maximum absolute atomic E-state index is 12.1. The average Bonchev–Trinajstić information content (AvgIpc) is 3.19. The van der Waals surface area contributed by atoms with Crippen molar-refractivity contribution in [2.75, 3.05) is 0 Å². The molecule has 3 aromatic rings. The van der Waals surface area contributed by atoms with Gasteiger partial charge in [0.05, 0.1) is 26.8 Å². The van der Waals surface area contributed by atoms with Crippen molar-refractivity contribution in [3.05, 3.63) is 62.6 Å². The molecule has 0 saturated heterocycles. The number of hydrazone groups is 1. The Bertz CT molecular complexity index is 896. The van der Waals surface area contributed by atoms with Crippen LogP contribution in [0.3, 0.4) is 0 Å². The van der Waals surface area contributed by atoms with Crippen molar-refractivity contribution in [1.82, 2.24) is 15.6 Å². The number of rotatable bonds is 4. The zero-order chi connectivity index (χ0) is 17.1. The van der Waals surface area contributed by atoms with Gasteiger partial charge in [-0.25, -0.2) is 5.43 Å². The second kappa shape index (κ2) is 7.17. The predicted molar refractivity (Wildman–Crippen MR) is 98.2 cm³/mol. The molecule has 1 amide bonds. The average molecular weight is 379 g/mol. The fraction of sp³-hybridized carbons (Fsp3) is 0.0625. The van der Waals surface area contributed by atoms with Gasteiger partial charge in [-0.2, -0.15) is 10.2 Å². The van der Waals surface area contributed by atoms with Crippen molar-refractivity contribution in [3.63, 3.8) is 0 Å². The van der Waals surface area contributed by atoms with E-state index < -0.39 is 5.91 Å². The summed E-state index contributed by atoms with van der Waals surface area (Å²) in [7, 11) is 0. The number of nitrogens with zero attached hydrogens (tertiary/aromatic N) is 2. The van der Waals surface area contributed by atoms with Crippen LogP contribution in [0.15, 0.2) is 41.5 Å². The monoisotopic (exact) mass is 378 g/mol. The molecule has 5 nitrogen and oxygen atoms in total. The number of carbonyl (C=O) groups excluding carboxylic acids is 1. The summed E-state index contributed by atoms with van der Waals surface area (Å²) in [6, 6.07) is 10.8. The predicted octanol–water partition coefficient (Wildman–Crippen LogP) is 4.52. The highest BCUT2D eigenvalue weighted by Gasteiger charge is 2.12. The van der Waals surface area contributed by atoms with E-state index in [4.69, 9.17) is 23.2 Å². The van der Waals surface area contributed by atoms with Crippen LogP contribution in [-0.2, 0) is 0 Å². The highest BCUT2D eigenvalue weighted by molar-refractivity contribution is 7.15. The van der Waals surface area contributed by atoms with Crippen molar-refractivity contribution in [2.24, 2.45) is 5.10 Å². The zero-order valence-corrected chi connectivity index (χ0v) is 14.8. The van der Waals surface area contributed by atoms with Crippen LogP contribution < -0.4 is 5.43 Å². The van der Waals surface area contributed by atoms with Crippen LogP contribution >= 0.6 is 34.5 Å². The molecule has 122 valence electrons. The lowest BCUT2D eigenvalue weighted by Gasteiger charge is -2.00. The Balaban J connectivity index is 1.70. The standard InChI is InChI=1S/C16H12Cl2N4OS/c1-9-5-6-15(24-9)13-7-14(21-20-13)16(23)22-19-8-10-11(17)3-2-4-12(10)18/h2-8H,1H3,(H,20,21)(H,22,23)/b19-8+. The molecule has 0 aliphatic heterocycles. The van der Waals surface area contributed by atoms with E-state index in [1.165, 1.54) is 11.1 Å². The number of aryl methyl sites for hydroxylation is 1. The van der Waals surface area contributed by atoms with Gasteiger partial charge in [-0.05, 0) is 37.3 Å². The lowest BCUT2D eigenvalue weighted by molar-refractivity contribution is 0.0950. The van der Waals surface area contributed by atoms with Gasteiger partial charge in [-0.1, -0.05) is 29.3 Å². The number of hydrogen-bond donors (Lipinski definition) is 2. The number of nitrogens with one attached hydrogen (secondary N) is 2. The van der Waals surface area contributed by atoms with Crippen molar-refractivity contribution in [2.45, 2.75) is 6.92 Å². The van der Waals surface area contributed by atoms with E-state index in [9.17, 15) is 4.79 Å². The highest BCUT2D eigenvalue weighted by atomic mass is 35.5. The summed E-state index contributed by atoms with van der Waals surface area (Å²) in [4.78, 5) is 14.3. The molecule has 2 aromatic heterocycles. The van der Waals surface area contributed by atoms with E-state index >= 15 is 0 Å². The number of amides is 1. The number of thiophene rings is 1.